The van der Waals surface area contributed by atoms with Crippen molar-refractivity contribution in [2.75, 3.05) is 5.32 Å². The number of aromatic nitrogens is 1. The Morgan fingerprint density at radius 2 is 2.19 bits per heavy atom. The third-order valence-corrected chi connectivity index (χ3v) is 3.56. The van der Waals surface area contributed by atoms with Crippen molar-refractivity contribution in [2.45, 2.75) is 6.92 Å². The minimum atomic E-state index is -1.33. The van der Waals surface area contributed by atoms with Crippen LogP contribution in [0.5, 0.6) is 0 Å². The highest BCUT2D eigenvalue weighted by Gasteiger charge is 2.21. The number of halogens is 1. The van der Waals surface area contributed by atoms with E-state index in [1.165, 1.54) is 19.1 Å². The van der Waals surface area contributed by atoms with Gasteiger partial charge in [-0.05, 0) is 18.2 Å². The first-order valence-corrected chi connectivity index (χ1v) is 6.45. The average molecular weight is 305 g/mol. The number of Topliss-reactive ketones (excluding diaryl/α,β-unsaturated/α-hetero) is 1. The number of hydrogen-bond donors (Lipinski definition) is 2. The summed E-state index contributed by atoms with van der Waals surface area (Å²) in [4.78, 5) is 26.1. The van der Waals surface area contributed by atoms with Gasteiger partial charge in [0.05, 0.1) is 17.3 Å². The van der Waals surface area contributed by atoms with Gasteiger partial charge < -0.3 is 10.4 Å². The van der Waals surface area contributed by atoms with Crippen LogP contribution in [0.15, 0.2) is 18.2 Å². The van der Waals surface area contributed by atoms with Crippen molar-refractivity contribution in [1.29, 1.82) is 5.26 Å². The van der Waals surface area contributed by atoms with E-state index < -0.39 is 17.6 Å². The maximum absolute atomic E-state index is 13.7. The van der Waals surface area contributed by atoms with Crippen molar-refractivity contribution >= 4 is 33.9 Å². The molecule has 2 aromatic rings. The molecule has 6 nitrogen and oxygen atoms in total. The lowest BCUT2D eigenvalue weighted by atomic mass is 10.2. The zero-order chi connectivity index (χ0) is 15.6. The second-order valence-electron chi connectivity index (χ2n) is 3.99. The minimum absolute atomic E-state index is 0.0148. The lowest BCUT2D eigenvalue weighted by Crippen LogP contribution is -2.03. The molecule has 0 fully saturated rings. The van der Waals surface area contributed by atoms with Crippen LogP contribution in [0.25, 0.3) is 0 Å². The van der Waals surface area contributed by atoms with Crippen molar-refractivity contribution in [3.8, 4) is 6.07 Å². The minimum Gasteiger partial charge on any atom is -0.476 e. The monoisotopic (exact) mass is 305 g/mol. The molecule has 0 bridgehead atoms. The first kappa shape index (κ1) is 14.6. The lowest BCUT2D eigenvalue weighted by Gasteiger charge is -2.03. The summed E-state index contributed by atoms with van der Waals surface area (Å²) in [5.74, 6) is -2.44. The number of carbonyl (C=O) groups excluding carboxylic acids is 1. The molecule has 21 heavy (non-hydrogen) atoms. The Balaban J connectivity index is 2.37. The number of nitrogens with zero attached hydrogens (tertiary/aromatic N) is 2. The van der Waals surface area contributed by atoms with Gasteiger partial charge in [0.1, 0.15) is 10.7 Å². The van der Waals surface area contributed by atoms with Crippen molar-refractivity contribution in [3.63, 3.8) is 0 Å². The summed E-state index contributed by atoms with van der Waals surface area (Å²) in [7, 11) is 0. The highest BCUT2D eigenvalue weighted by molar-refractivity contribution is 7.17. The fourth-order valence-corrected chi connectivity index (χ4v) is 2.42. The molecule has 0 saturated heterocycles. The molecule has 106 valence electrons. The normalized spacial score (nSPS) is 9.95. The van der Waals surface area contributed by atoms with Gasteiger partial charge in [0.15, 0.2) is 16.6 Å². The second-order valence-corrected chi connectivity index (χ2v) is 4.99. The molecule has 0 aliphatic heterocycles. The SMILES string of the molecule is CC(=O)c1sc(Nc2ccc(C#N)cc2F)nc1C(=O)O. The number of anilines is 2. The Morgan fingerprint density at radius 1 is 1.48 bits per heavy atom. The summed E-state index contributed by atoms with van der Waals surface area (Å²) in [6.07, 6.45) is 0. The first-order valence-electron chi connectivity index (χ1n) is 5.64. The van der Waals surface area contributed by atoms with Crippen LogP contribution in [0.4, 0.5) is 15.2 Å². The van der Waals surface area contributed by atoms with Crippen LogP contribution in [0.1, 0.15) is 32.6 Å². The number of carbonyl (C=O) groups is 2. The Labute approximate surface area is 122 Å². The van der Waals surface area contributed by atoms with Crippen LogP contribution >= 0.6 is 11.3 Å². The number of rotatable bonds is 4. The highest BCUT2D eigenvalue weighted by Crippen LogP contribution is 2.28. The predicted octanol–water partition coefficient (Wildman–Crippen LogP) is 2.80. The number of carboxylic acids is 1. The number of thiazole rings is 1. The Hall–Kier alpha value is -2.79. The third-order valence-electron chi connectivity index (χ3n) is 2.49. The van der Waals surface area contributed by atoms with E-state index in [0.717, 1.165) is 17.4 Å². The molecule has 0 spiro atoms. The number of aromatic carboxylic acids is 1. The van der Waals surface area contributed by atoms with Crippen LogP contribution in [-0.4, -0.2) is 21.8 Å². The fraction of sp³-hybridized carbons (Fsp3) is 0.0769. The maximum Gasteiger partial charge on any atom is 0.356 e. The predicted molar refractivity (Wildman–Crippen MR) is 73.5 cm³/mol. The third kappa shape index (κ3) is 3.04. The Morgan fingerprint density at radius 3 is 2.67 bits per heavy atom. The van der Waals surface area contributed by atoms with Crippen LogP contribution in [0.3, 0.4) is 0 Å². The Bertz CT molecular complexity index is 748. The molecule has 0 aliphatic rings. The maximum atomic E-state index is 13.7. The van der Waals surface area contributed by atoms with E-state index in [1.54, 1.807) is 6.07 Å². The van der Waals surface area contributed by atoms with Gasteiger partial charge in [-0.3, -0.25) is 4.79 Å². The first-order chi connectivity index (χ1) is 9.92. The largest absolute Gasteiger partial charge is 0.476 e. The number of nitriles is 1. The van der Waals surface area contributed by atoms with E-state index in [2.05, 4.69) is 10.3 Å². The summed E-state index contributed by atoms with van der Waals surface area (Å²) < 4.78 is 13.7. The summed E-state index contributed by atoms with van der Waals surface area (Å²) in [6.45, 7) is 1.23. The summed E-state index contributed by atoms with van der Waals surface area (Å²) in [5, 5.41) is 20.3. The topological polar surface area (TPSA) is 103 Å². The fourth-order valence-electron chi connectivity index (χ4n) is 1.56. The molecule has 0 amide bonds. The zero-order valence-electron chi connectivity index (χ0n) is 10.7. The molecular weight excluding hydrogens is 297 g/mol. The quantitative estimate of drug-likeness (QED) is 0.842. The molecule has 1 heterocycles. The van der Waals surface area contributed by atoms with E-state index in [1.807, 2.05) is 0 Å². The van der Waals surface area contributed by atoms with Crippen LogP contribution < -0.4 is 5.32 Å². The number of benzene rings is 1. The number of nitrogens with one attached hydrogen (secondary N) is 1. The molecule has 0 aliphatic carbocycles. The number of hydrogen-bond acceptors (Lipinski definition) is 6. The van der Waals surface area contributed by atoms with Gasteiger partial charge in [-0.1, -0.05) is 11.3 Å². The summed E-state index contributed by atoms with van der Waals surface area (Å²) >= 11 is 0.825. The van der Waals surface area contributed by atoms with Crippen molar-refractivity contribution in [1.82, 2.24) is 4.98 Å². The summed E-state index contributed by atoms with van der Waals surface area (Å²) in [5.41, 5.74) is -0.174. The molecule has 0 saturated carbocycles. The van der Waals surface area contributed by atoms with E-state index in [9.17, 15) is 14.0 Å². The van der Waals surface area contributed by atoms with Gasteiger partial charge in [-0.2, -0.15) is 5.26 Å². The van der Waals surface area contributed by atoms with E-state index in [-0.39, 0.29) is 27.0 Å². The summed E-state index contributed by atoms with van der Waals surface area (Å²) in [6, 6.07) is 5.58. The average Bonchev–Trinajstić information content (AvgIpc) is 2.85. The van der Waals surface area contributed by atoms with Gasteiger partial charge in [-0.15, -0.1) is 0 Å². The van der Waals surface area contributed by atoms with Crippen molar-refractivity contribution in [2.24, 2.45) is 0 Å². The molecule has 2 N–H and O–H groups in total. The van der Waals surface area contributed by atoms with Crippen LogP contribution in [-0.2, 0) is 0 Å². The molecule has 1 aromatic carbocycles. The van der Waals surface area contributed by atoms with Crippen LogP contribution in [0.2, 0.25) is 0 Å². The molecule has 0 atom stereocenters. The second kappa shape index (κ2) is 5.68. The van der Waals surface area contributed by atoms with Crippen LogP contribution in [0, 0.1) is 17.1 Å². The zero-order valence-corrected chi connectivity index (χ0v) is 11.5. The van der Waals surface area contributed by atoms with Gasteiger partial charge in [0.2, 0.25) is 0 Å². The molecule has 2 rings (SSSR count). The standard InChI is InChI=1S/C13H8FN3O3S/c1-6(18)11-10(12(19)20)17-13(21-11)16-9-3-2-7(5-15)4-8(9)14/h2-4H,1H3,(H,16,17)(H,19,20). The highest BCUT2D eigenvalue weighted by atomic mass is 32.1. The van der Waals surface area contributed by atoms with E-state index in [4.69, 9.17) is 10.4 Å². The lowest BCUT2D eigenvalue weighted by molar-refractivity contribution is 0.0687. The van der Waals surface area contributed by atoms with E-state index >= 15 is 0 Å². The number of ketones is 1. The van der Waals surface area contributed by atoms with Crippen molar-refractivity contribution < 1.29 is 19.1 Å². The number of carboxylic acid groups (broad SMARTS) is 1. The molecule has 0 radical (unpaired) electrons. The van der Waals surface area contributed by atoms with Gasteiger partial charge in [0.25, 0.3) is 0 Å². The van der Waals surface area contributed by atoms with Gasteiger partial charge in [0, 0.05) is 6.92 Å². The van der Waals surface area contributed by atoms with Gasteiger partial charge in [-0.25, -0.2) is 14.2 Å². The van der Waals surface area contributed by atoms with Gasteiger partial charge >= 0.3 is 5.97 Å². The Kier molecular flexibility index (Phi) is 3.95. The van der Waals surface area contributed by atoms with Crippen molar-refractivity contribution in [3.05, 3.63) is 40.2 Å². The molecule has 1 aromatic heterocycles. The van der Waals surface area contributed by atoms with E-state index in [0.29, 0.717) is 0 Å². The molecule has 8 heteroatoms. The molecular formula is C13H8FN3O3S. The molecule has 0 unspecified atom stereocenters. The smallest absolute Gasteiger partial charge is 0.356 e.